The number of nitrogens with two attached hydrogens (primary N) is 1. The molecule has 3 N–H and O–H groups in total. The highest BCUT2D eigenvalue weighted by atomic mass is 16.3. The predicted molar refractivity (Wildman–Crippen MR) is 58.4 cm³/mol. The molecule has 0 aliphatic heterocycles. The molecule has 0 bridgehead atoms. The molecular formula is C11H18N2O2. The van der Waals surface area contributed by atoms with Gasteiger partial charge in [-0.2, -0.15) is 0 Å². The fourth-order valence-electron chi connectivity index (χ4n) is 1.07. The molecule has 15 heavy (non-hydrogen) atoms. The van der Waals surface area contributed by atoms with Crippen molar-refractivity contribution in [1.82, 2.24) is 5.32 Å². The average Bonchev–Trinajstić information content (AvgIpc) is 2.65. The lowest BCUT2D eigenvalue weighted by atomic mass is 10.0. The summed E-state index contributed by atoms with van der Waals surface area (Å²) >= 11 is 0. The number of furan rings is 1. The number of carbonyl (C=O) groups is 1. The van der Waals surface area contributed by atoms with Gasteiger partial charge >= 0.3 is 0 Å². The SMILES string of the molecule is CCC(C)(C)NC(=O)c1coc(CN)c1. The van der Waals surface area contributed by atoms with Crippen molar-refractivity contribution < 1.29 is 9.21 Å². The zero-order chi connectivity index (χ0) is 11.5. The van der Waals surface area contributed by atoms with E-state index in [9.17, 15) is 4.79 Å². The van der Waals surface area contributed by atoms with Gasteiger partial charge in [0, 0.05) is 5.54 Å². The second-order valence-electron chi connectivity index (χ2n) is 4.20. The second kappa shape index (κ2) is 4.49. The predicted octanol–water partition coefficient (Wildman–Crippen LogP) is 1.66. The van der Waals surface area contributed by atoms with E-state index in [2.05, 4.69) is 5.32 Å². The molecule has 0 spiro atoms. The van der Waals surface area contributed by atoms with Gasteiger partial charge in [0.2, 0.25) is 0 Å². The second-order valence-corrected chi connectivity index (χ2v) is 4.20. The summed E-state index contributed by atoms with van der Waals surface area (Å²) in [5.74, 6) is 0.500. The highest BCUT2D eigenvalue weighted by Crippen LogP contribution is 2.11. The number of hydrogen-bond donors (Lipinski definition) is 2. The van der Waals surface area contributed by atoms with Crippen LogP contribution in [0.4, 0.5) is 0 Å². The molecule has 4 nitrogen and oxygen atoms in total. The maximum absolute atomic E-state index is 11.7. The molecule has 0 aliphatic carbocycles. The van der Waals surface area contributed by atoms with Crippen LogP contribution in [0.1, 0.15) is 43.3 Å². The van der Waals surface area contributed by atoms with E-state index >= 15 is 0 Å². The first kappa shape index (κ1) is 11.8. The van der Waals surface area contributed by atoms with Crippen LogP contribution < -0.4 is 11.1 Å². The molecule has 1 heterocycles. The van der Waals surface area contributed by atoms with Gasteiger partial charge in [0.15, 0.2) is 0 Å². The molecule has 1 rings (SSSR count). The Labute approximate surface area is 89.8 Å². The highest BCUT2D eigenvalue weighted by Gasteiger charge is 2.19. The molecule has 0 radical (unpaired) electrons. The molecule has 0 aromatic carbocycles. The Morgan fingerprint density at radius 3 is 2.73 bits per heavy atom. The summed E-state index contributed by atoms with van der Waals surface area (Å²) in [6.07, 6.45) is 2.31. The van der Waals surface area contributed by atoms with Gasteiger partial charge in [-0.3, -0.25) is 4.79 Å². The van der Waals surface area contributed by atoms with E-state index in [4.69, 9.17) is 10.2 Å². The lowest BCUT2D eigenvalue weighted by Gasteiger charge is -2.23. The van der Waals surface area contributed by atoms with Crippen molar-refractivity contribution in [1.29, 1.82) is 0 Å². The summed E-state index contributed by atoms with van der Waals surface area (Å²) in [6.45, 7) is 6.30. The number of amides is 1. The van der Waals surface area contributed by atoms with Crippen LogP contribution in [0.5, 0.6) is 0 Å². The molecule has 0 aliphatic rings. The molecule has 0 saturated heterocycles. The van der Waals surface area contributed by atoms with Gasteiger partial charge in [-0.05, 0) is 26.3 Å². The number of nitrogens with one attached hydrogen (secondary N) is 1. The molecule has 1 aromatic heterocycles. The van der Waals surface area contributed by atoms with Crippen LogP contribution in [0, 0.1) is 0 Å². The Kier molecular flexibility index (Phi) is 3.52. The number of hydrogen-bond acceptors (Lipinski definition) is 3. The van der Waals surface area contributed by atoms with E-state index < -0.39 is 0 Å². The smallest absolute Gasteiger partial charge is 0.254 e. The maximum atomic E-state index is 11.7. The van der Waals surface area contributed by atoms with E-state index in [0.717, 1.165) is 6.42 Å². The lowest BCUT2D eigenvalue weighted by Crippen LogP contribution is -2.42. The summed E-state index contributed by atoms with van der Waals surface area (Å²) in [4.78, 5) is 11.7. The normalized spacial score (nSPS) is 11.5. The minimum Gasteiger partial charge on any atom is -0.467 e. The van der Waals surface area contributed by atoms with Gasteiger partial charge in [0.25, 0.3) is 5.91 Å². The van der Waals surface area contributed by atoms with Crippen LogP contribution in [0.3, 0.4) is 0 Å². The third-order valence-corrected chi connectivity index (χ3v) is 2.45. The van der Waals surface area contributed by atoms with Crippen molar-refractivity contribution in [3.05, 3.63) is 23.7 Å². The van der Waals surface area contributed by atoms with E-state index in [1.165, 1.54) is 6.26 Å². The summed E-state index contributed by atoms with van der Waals surface area (Å²) in [5.41, 5.74) is 5.72. The number of carbonyl (C=O) groups excluding carboxylic acids is 1. The molecule has 0 atom stereocenters. The Bertz CT molecular complexity index is 342. The molecule has 1 amide bonds. The third kappa shape index (κ3) is 3.09. The van der Waals surface area contributed by atoms with Crippen molar-refractivity contribution >= 4 is 5.91 Å². The lowest BCUT2D eigenvalue weighted by molar-refractivity contribution is 0.0910. The Balaban J connectivity index is 2.69. The molecule has 0 saturated carbocycles. The topological polar surface area (TPSA) is 68.3 Å². The minimum absolute atomic E-state index is 0.120. The summed E-state index contributed by atoms with van der Waals surface area (Å²) < 4.78 is 5.10. The zero-order valence-electron chi connectivity index (χ0n) is 9.46. The molecule has 0 unspecified atom stereocenters. The van der Waals surface area contributed by atoms with Crippen LogP contribution in [0.25, 0.3) is 0 Å². The van der Waals surface area contributed by atoms with Crippen molar-refractivity contribution in [2.45, 2.75) is 39.3 Å². The highest BCUT2D eigenvalue weighted by molar-refractivity contribution is 5.94. The van der Waals surface area contributed by atoms with Gasteiger partial charge in [-0.15, -0.1) is 0 Å². The third-order valence-electron chi connectivity index (χ3n) is 2.45. The van der Waals surface area contributed by atoms with Crippen LogP contribution in [0.15, 0.2) is 16.7 Å². The Morgan fingerprint density at radius 2 is 2.27 bits per heavy atom. The molecule has 84 valence electrons. The van der Waals surface area contributed by atoms with Crippen molar-refractivity contribution in [2.24, 2.45) is 5.73 Å². The van der Waals surface area contributed by atoms with Crippen LogP contribution in [-0.2, 0) is 6.54 Å². The summed E-state index contributed by atoms with van der Waals surface area (Å²) in [6, 6.07) is 1.67. The Hall–Kier alpha value is -1.29. The van der Waals surface area contributed by atoms with Gasteiger partial charge in [-0.1, -0.05) is 6.92 Å². The van der Waals surface area contributed by atoms with Crippen LogP contribution in [-0.4, -0.2) is 11.4 Å². The van der Waals surface area contributed by atoms with E-state index in [1.54, 1.807) is 6.07 Å². The number of rotatable bonds is 4. The molecule has 0 fully saturated rings. The first-order valence-corrected chi connectivity index (χ1v) is 5.08. The van der Waals surface area contributed by atoms with E-state index in [-0.39, 0.29) is 11.4 Å². The minimum atomic E-state index is -0.197. The summed E-state index contributed by atoms with van der Waals surface area (Å²) in [5, 5.41) is 2.92. The fraction of sp³-hybridized carbons (Fsp3) is 0.545. The maximum Gasteiger partial charge on any atom is 0.254 e. The zero-order valence-corrected chi connectivity index (χ0v) is 9.46. The standard InChI is InChI=1S/C11H18N2O2/c1-4-11(2,3)13-10(14)8-5-9(6-12)15-7-8/h5,7H,4,6,12H2,1-3H3,(H,13,14). The first-order valence-electron chi connectivity index (χ1n) is 5.08. The van der Waals surface area contributed by atoms with Crippen LogP contribution in [0.2, 0.25) is 0 Å². The quantitative estimate of drug-likeness (QED) is 0.794. The average molecular weight is 210 g/mol. The van der Waals surface area contributed by atoms with Gasteiger partial charge in [0.1, 0.15) is 12.0 Å². The fourth-order valence-corrected chi connectivity index (χ4v) is 1.07. The van der Waals surface area contributed by atoms with Gasteiger partial charge < -0.3 is 15.5 Å². The van der Waals surface area contributed by atoms with Crippen molar-refractivity contribution in [3.63, 3.8) is 0 Å². The van der Waals surface area contributed by atoms with E-state index in [1.807, 2.05) is 20.8 Å². The monoisotopic (exact) mass is 210 g/mol. The molecule has 1 aromatic rings. The van der Waals surface area contributed by atoms with E-state index in [0.29, 0.717) is 17.9 Å². The first-order chi connectivity index (χ1) is 6.98. The molecule has 4 heteroatoms. The van der Waals surface area contributed by atoms with Crippen LogP contribution >= 0.6 is 0 Å². The van der Waals surface area contributed by atoms with Crippen molar-refractivity contribution in [2.75, 3.05) is 0 Å². The Morgan fingerprint density at radius 1 is 1.60 bits per heavy atom. The largest absolute Gasteiger partial charge is 0.467 e. The van der Waals surface area contributed by atoms with Gasteiger partial charge in [0.05, 0.1) is 12.1 Å². The van der Waals surface area contributed by atoms with Crippen molar-refractivity contribution in [3.8, 4) is 0 Å². The van der Waals surface area contributed by atoms with Gasteiger partial charge in [-0.25, -0.2) is 0 Å². The molecular weight excluding hydrogens is 192 g/mol. The summed E-state index contributed by atoms with van der Waals surface area (Å²) in [7, 11) is 0.